The van der Waals surface area contributed by atoms with Crippen LogP contribution in [-0.4, -0.2) is 21.9 Å². The minimum Gasteiger partial charge on any atom is -0.392 e. The summed E-state index contributed by atoms with van der Waals surface area (Å²) in [7, 11) is 0. The van der Waals surface area contributed by atoms with Crippen molar-refractivity contribution in [3.05, 3.63) is 59.9 Å². The monoisotopic (exact) mass is 259 g/mol. The molecule has 1 aromatic carbocycles. The molecular weight excluding hydrogens is 242 g/mol. The molecule has 0 amide bonds. The van der Waals surface area contributed by atoms with E-state index in [-0.39, 0.29) is 6.10 Å². The minimum absolute atomic E-state index is 0.322. The van der Waals surface area contributed by atoms with Crippen LogP contribution in [0.25, 0.3) is 0 Å². The van der Waals surface area contributed by atoms with Gasteiger partial charge < -0.3 is 5.11 Å². The Morgan fingerprint density at radius 1 is 1.17 bits per heavy atom. The van der Waals surface area contributed by atoms with E-state index >= 15 is 0 Å². The zero-order valence-electron chi connectivity index (χ0n) is 10.4. The predicted molar refractivity (Wildman–Crippen MR) is 75.9 cm³/mol. The summed E-state index contributed by atoms with van der Waals surface area (Å²) in [6.07, 6.45) is 3.88. The fourth-order valence-electron chi connectivity index (χ4n) is 1.75. The van der Waals surface area contributed by atoms with E-state index in [2.05, 4.69) is 24.0 Å². The highest BCUT2D eigenvalue weighted by molar-refractivity contribution is 7.99. The molecule has 18 heavy (non-hydrogen) atoms. The Hall–Kier alpha value is -1.32. The molecule has 1 atom stereocenters. The molecule has 0 aliphatic heterocycles. The van der Waals surface area contributed by atoms with Crippen LogP contribution in [0.4, 0.5) is 0 Å². The number of aliphatic hydroxyl groups excluding tert-OH is 1. The van der Waals surface area contributed by atoms with Crippen LogP contribution >= 0.6 is 11.8 Å². The van der Waals surface area contributed by atoms with Crippen molar-refractivity contribution in [1.29, 1.82) is 0 Å². The smallest absolute Gasteiger partial charge is 0.0674 e. The van der Waals surface area contributed by atoms with Gasteiger partial charge in [0.1, 0.15) is 0 Å². The van der Waals surface area contributed by atoms with E-state index in [1.54, 1.807) is 24.2 Å². The van der Waals surface area contributed by atoms with Gasteiger partial charge >= 0.3 is 0 Å². The lowest BCUT2D eigenvalue weighted by Gasteiger charge is -2.11. The highest BCUT2D eigenvalue weighted by atomic mass is 32.2. The topological polar surface area (TPSA) is 33.1 Å². The number of hydrogen-bond donors (Lipinski definition) is 1. The van der Waals surface area contributed by atoms with E-state index in [0.29, 0.717) is 12.2 Å². The van der Waals surface area contributed by atoms with Crippen molar-refractivity contribution in [2.24, 2.45) is 0 Å². The Balaban J connectivity index is 1.86. The third kappa shape index (κ3) is 3.86. The van der Waals surface area contributed by atoms with Crippen LogP contribution in [0.5, 0.6) is 0 Å². The van der Waals surface area contributed by atoms with Crippen molar-refractivity contribution < 1.29 is 5.11 Å². The zero-order valence-corrected chi connectivity index (χ0v) is 11.2. The molecular formula is C15H17NOS. The molecule has 3 heteroatoms. The first-order valence-electron chi connectivity index (χ1n) is 6.01. The zero-order chi connectivity index (χ0) is 12.8. The summed E-state index contributed by atoms with van der Waals surface area (Å²) in [5.41, 5.74) is 2.39. The summed E-state index contributed by atoms with van der Waals surface area (Å²) in [4.78, 5) is 5.21. The van der Waals surface area contributed by atoms with Gasteiger partial charge in [-0.15, -0.1) is 11.8 Å². The lowest BCUT2D eigenvalue weighted by Crippen LogP contribution is -2.13. The second kappa shape index (κ2) is 6.57. The Morgan fingerprint density at radius 2 is 1.89 bits per heavy atom. The largest absolute Gasteiger partial charge is 0.392 e. The van der Waals surface area contributed by atoms with Crippen molar-refractivity contribution in [2.45, 2.75) is 24.3 Å². The number of nitrogens with zero attached hydrogens (tertiary/aromatic N) is 1. The van der Waals surface area contributed by atoms with E-state index in [1.165, 1.54) is 10.5 Å². The molecule has 0 radical (unpaired) electrons. The van der Waals surface area contributed by atoms with Crippen molar-refractivity contribution >= 4 is 11.8 Å². The quantitative estimate of drug-likeness (QED) is 0.838. The molecule has 0 fully saturated rings. The second-order valence-corrected chi connectivity index (χ2v) is 5.35. The van der Waals surface area contributed by atoms with Gasteiger partial charge in [-0.1, -0.05) is 18.2 Å². The Bertz CT molecular complexity index is 487. The van der Waals surface area contributed by atoms with Gasteiger partial charge in [0, 0.05) is 23.0 Å². The van der Waals surface area contributed by atoms with Gasteiger partial charge in [-0.05, 0) is 42.7 Å². The SMILES string of the molecule is Cc1ccccc1SCC(O)Cc1ccncc1. The molecule has 0 aliphatic rings. The molecule has 0 saturated heterocycles. The van der Waals surface area contributed by atoms with Crippen LogP contribution in [0, 0.1) is 6.92 Å². The summed E-state index contributed by atoms with van der Waals surface area (Å²) in [5, 5.41) is 10.0. The molecule has 0 aliphatic carbocycles. The normalized spacial score (nSPS) is 12.3. The third-order valence-electron chi connectivity index (χ3n) is 2.75. The predicted octanol–water partition coefficient (Wildman–Crippen LogP) is 3.09. The van der Waals surface area contributed by atoms with Gasteiger partial charge in [-0.2, -0.15) is 0 Å². The fraction of sp³-hybridized carbons (Fsp3) is 0.267. The fourth-order valence-corrected chi connectivity index (χ4v) is 2.71. The molecule has 2 aromatic rings. The molecule has 2 nitrogen and oxygen atoms in total. The first-order chi connectivity index (χ1) is 8.75. The average Bonchev–Trinajstić information content (AvgIpc) is 2.39. The lowest BCUT2D eigenvalue weighted by atomic mass is 10.1. The van der Waals surface area contributed by atoms with Gasteiger partial charge in [-0.3, -0.25) is 4.98 Å². The molecule has 0 saturated carbocycles. The Labute approximate surface area is 112 Å². The molecule has 94 valence electrons. The van der Waals surface area contributed by atoms with Crippen molar-refractivity contribution in [3.63, 3.8) is 0 Å². The number of hydrogen-bond acceptors (Lipinski definition) is 3. The van der Waals surface area contributed by atoms with Crippen LogP contribution in [0.15, 0.2) is 53.7 Å². The summed E-state index contributed by atoms with van der Waals surface area (Å²) in [5.74, 6) is 0.715. The number of thioether (sulfide) groups is 1. The molecule has 2 rings (SSSR count). The number of pyridine rings is 1. The maximum Gasteiger partial charge on any atom is 0.0674 e. The van der Waals surface area contributed by atoms with Crippen LogP contribution in [0.2, 0.25) is 0 Å². The van der Waals surface area contributed by atoms with Gasteiger partial charge in [-0.25, -0.2) is 0 Å². The first-order valence-corrected chi connectivity index (χ1v) is 6.99. The molecule has 1 heterocycles. The highest BCUT2D eigenvalue weighted by Gasteiger charge is 2.07. The highest BCUT2D eigenvalue weighted by Crippen LogP contribution is 2.23. The van der Waals surface area contributed by atoms with E-state index in [4.69, 9.17) is 0 Å². The van der Waals surface area contributed by atoms with E-state index in [1.807, 2.05) is 24.3 Å². The van der Waals surface area contributed by atoms with Gasteiger partial charge in [0.15, 0.2) is 0 Å². The maximum atomic E-state index is 10.0. The molecule has 0 spiro atoms. The number of benzene rings is 1. The molecule has 0 bridgehead atoms. The van der Waals surface area contributed by atoms with Crippen molar-refractivity contribution in [3.8, 4) is 0 Å². The maximum absolute atomic E-state index is 10.0. The number of aliphatic hydroxyl groups is 1. The second-order valence-electron chi connectivity index (χ2n) is 4.29. The van der Waals surface area contributed by atoms with Crippen LogP contribution < -0.4 is 0 Å². The van der Waals surface area contributed by atoms with Gasteiger partial charge in [0.05, 0.1) is 6.10 Å². The van der Waals surface area contributed by atoms with Gasteiger partial charge in [0.25, 0.3) is 0 Å². The number of aromatic nitrogens is 1. The standard InChI is InChI=1S/C15H17NOS/c1-12-4-2-3-5-15(12)18-11-14(17)10-13-6-8-16-9-7-13/h2-9,14,17H,10-11H2,1H3. The molecule has 1 unspecified atom stereocenters. The first kappa shape index (κ1) is 13.1. The third-order valence-corrected chi connectivity index (χ3v) is 4.07. The number of aryl methyl sites for hydroxylation is 1. The Morgan fingerprint density at radius 3 is 2.61 bits per heavy atom. The lowest BCUT2D eigenvalue weighted by molar-refractivity contribution is 0.200. The number of rotatable bonds is 5. The average molecular weight is 259 g/mol. The van der Waals surface area contributed by atoms with E-state index in [9.17, 15) is 5.11 Å². The van der Waals surface area contributed by atoms with E-state index < -0.39 is 0 Å². The Kier molecular flexibility index (Phi) is 4.79. The van der Waals surface area contributed by atoms with Crippen molar-refractivity contribution in [2.75, 3.05) is 5.75 Å². The minimum atomic E-state index is -0.322. The van der Waals surface area contributed by atoms with E-state index in [0.717, 1.165) is 5.56 Å². The van der Waals surface area contributed by atoms with Gasteiger partial charge in [0.2, 0.25) is 0 Å². The van der Waals surface area contributed by atoms with Crippen LogP contribution in [0.3, 0.4) is 0 Å². The summed E-state index contributed by atoms with van der Waals surface area (Å²) in [6.45, 7) is 2.09. The molecule has 1 N–H and O–H groups in total. The molecule has 1 aromatic heterocycles. The van der Waals surface area contributed by atoms with Crippen LogP contribution in [-0.2, 0) is 6.42 Å². The summed E-state index contributed by atoms with van der Waals surface area (Å²) >= 11 is 1.71. The summed E-state index contributed by atoms with van der Waals surface area (Å²) < 4.78 is 0. The van der Waals surface area contributed by atoms with Crippen LogP contribution in [0.1, 0.15) is 11.1 Å². The van der Waals surface area contributed by atoms with Crippen molar-refractivity contribution in [1.82, 2.24) is 4.98 Å². The summed E-state index contributed by atoms with van der Waals surface area (Å²) in [6, 6.07) is 12.2.